The standard InChI is InChI=1S/C16H27N3/c1-3-19-10-9-18(12-14(19)2)13-16(17)11-15-7-5-4-6-8-15/h4-8,14,16H,3,9-13,17H2,1-2H3. The Hall–Kier alpha value is -0.900. The van der Waals surface area contributed by atoms with Crippen LogP contribution in [-0.2, 0) is 6.42 Å². The molecule has 1 aromatic carbocycles. The van der Waals surface area contributed by atoms with Crippen molar-refractivity contribution in [3.63, 3.8) is 0 Å². The molecule has 3 nitrogen and oxygen atoms in total. The summed E-state index contributed by atoms with van der Waals surface area (Å²) in [6.07, 6.45) is 0.975. The smallest absolute Gasteiger partial charge is 0.0208 e. The number of hydrogen-bond donors (Lipinski definition) is 1. The van der Waals surface area contributed by atoms with Crippen LogP contribution in [0.2, 0.25) is 0 Å². The fourth-order valence-electron chi connectivity index (χ4n) is 3.02. The zero-order valence-corrected chi connectivity index (χ0v) is 12.3. The Morgan fingerprint density at radius 3 is 2.63 bits per heavy atom. The van der Waals surface area contributed by atoms with Gasteiger partial charge in [-0.05, 0) is 25.5 Å². The summed E-state index contributed by atoms with van der Waals surface area (Å²) in [6, 6.07) is 11.5. The van der Waals surface area contributed by atoms with Crippen LogP contribution in [0.3, 0.4) is 0 Å². The third-order valence-electron chi connectivity index (χ3n) is 4.09. The van der Waals surface area contributed by atoms with Gasteiger partial charge in [0, 0.05) is 38.3 Å². The van der Waals surface area contributed by atoms with Gasteiger partial charge in [-0.15, -0.1) is 0 Å². The van der Waals surface area contributed by atoms with E-state index in [0.29, 0.717) is 6.04 Å². The van der Waals surface area contributed by atoms with Gasteiger partial charge in [0.2, 0.25) is 0 Å². The van der Waals surface area contributed by atoms with E-state index in [1.165, 1.54) is 12.1 Å². The van der Waals surface area contributed by atoms with E-state index < -0.39 is 0 Å². The lowest BCUT2D eigenvalue weighted by atomic mass is 10.1. The number of benzene rings is 1. The Kier molecular flexibility index (Phi) is 5.37. The highest BCUT2D eigenvalue weighted by atomic mass is 15.3. The minimum absolute atomic E-state index is 0.239. The first-order chi connectivity index (χ1) is 9.19. The second-order valence-corrected chi connectivity index (χ2v) is 5.69. The third kappa shape index (κ3) is 4.30. The van der Waals surface area contributed by atoms with E-state index in [1.54, 1.807) is 0 Å². The zero-order chi connectivity index (χ0) is 13.7. The minimum Gasteiger partial charge on any atom is -0.326 e. The Morgan fingerprint density at radius 1 is 1.26 bits per heavy atom. The van der Waals surface area contributed by atoms with Gasteiger partial charge >= 0.3 is 0 Å². The lowest BCUT2D eigenvalue weighted by molar-refractivity contribution is 0.0842. The molecule has 19 heavy (non-hydrogen) atoms. The number of piperazine rings is 1. The van der Waals surface area contributed by atoms with Crippen LogP contribution in [0.4, 0.5) is 0 Å². The second-order valence-electron chi connectivity index (χ2n) is 5.69. The van der Waals surface area contributed by atoms with Crippen LogP contribution < -0.4 is 5.73 Å². The van der Waals surface area contributed by atoms with E-state index in [2.05, 4.69) is 54.0 Å². The van der Waals surface area contributed by atoms with Gasteiger partial charge in [-0.1, -0.05) is 37.3 Å². The van der Waals surface area contributed by atoms with Crippen molar-refractivity contribution in [1.29, 1.82) is 0 Å². The molecule has 1 fully saturated rings. The summed E-state index contributed by atoms with van der Waals surface area (Å²) in [5.74, 6) is 0. The molecule has 1 heterocycles. The molecule has 0 aromatic heterocycles. The topological polar surface area (TPSA) is 32.5 Å². The van der Waals surface area contributed by atoms with E-state index in [1.807, 2.05) is 0 Å². The highest BCUT2D eigenvalue weighted by molar-refractivity contribution is 5.15. The molecular weight excluding hydrogens is 234 g/mol. The quantitative estimate of drug-likeness (QED) is 0.873. The van der Waals surface area contributed by atoms with Gasteiger partial charge in [0.15, 0.2) is 0 Å². The van der Waals surface area contributed by atoms with Crippen LogP contribution in [0.15, 0.2) is 30.3 Å². The van der Waals surface area contributed by atoms with Crippen LogP contribution in [0.1, 0.15) is 19.4 Å². The highest BCUT2D eigenvalue weighted by Crippen LogP contribution is 2.10. The molecule has 0 bridgehead atoms. The van der Waals surface area contributed by atoms with E-state index in [9.17, 15) is 0 Å². The van der Waals surface area contributed by atoms with Gasteiger partial charge in [0.1, 0.15) is 0 Å². The van der Waals surface area contributed by atoms with Gasteiger partial charge in [-0.25, -0.2) is 0 Å². The van der Waals surface area contributed by atoms with E-state index in [0.717, 1.165) is 32.6 Å². The molecule has 0 amide bonds. The molecule has 0 saturated carbocycles. The van der Waals surface area contributed by atoms with Crippen molar-refractivity contribution in [2.75, 3.05) is 32.7 Å². The summed E-state index contributed by atoms with van der Waals surface area (Å²) < 4.78 is 0. The van der Waals surface area contributed by atoms with E-state index in [4.69, 9.17) is 5.73 Å². The van der Waals surface area contributed by atoms with Crippen molar-refractivity contribution in [3.05, 3.63) is 35.9 Å². The van der Waals surface area contributed by atoms with Gasteiger partial charge in [-0.3, -0.25) is 9.80 Å². The van der Waals surface area contributed by atoms with Gasteiger partial charge in [0.05, 0.1) is 0 Å². The summed E-state index contributed by atoms with van der Waals surface area (Å²) in [7, 11) is 0. The molecule has 0 aliphatic carbocycles. The molecular formula is C16H27N3. The molecule has 1 aromatic rings. The Bertz CT molecular complexity index is 366. The van der Waals surface area contributed by atoms with Gasteiger partial charge < -0.3 is 5.73 Å². The highest BCUT2D eigenvalue weighted by Gasteiger charge is 2.23. The average Bonchev–Trinajstić information content (AvgIpc) is 2.40. The van der Waals surface area contributed by atoms with Gasteiger partial charge in [-0.2, -0.15) is 0 Å². The molecule has 2 rings (SSSR count). The summed E-state index contributed by atoms with van der Waals surface area (Å²) >= 11 is 0. The Balaban J connectivity index is 1.78. The van der Waals surface area contributed by atoms with Gasteiger partial charge in [0.25, 0.3) is 0 Å². The maximum absolute atomic E-state index is 6.29. The number of nitrogens with zero attached hydrogens (tertiary/aromatic N) is 2. The predicted octanol–water partition coefficient (Wildman–Crippen LogP) is 1.58. The first-order valence-corrected chi connectivity index (χ1v) is 7.45. The van der Waals surface area contributed by atoms with Crippen LogP contribution in [0, 0.1) is 0 Å². The third-order valence-corrected chi connectivity index (χ3v) is 4.09. The lowest BCUT2D eigenvalue weighted by Crippen LogP contribution is -2.54. The maximum atomic E-state index is 6.29. The maximum Gasteiger partial charge on any atom is 0.0208 e. The molecule has 1 aliphatic rings. The molecule has 0 spiro atoms. The van der Waals surface area contributed by atoms with Crippen LogP contribution in [0.5, 0.6) is 0 Å². The van der Waals surface area contributed by atoms with Crippen molar-refractivity contribution >= 4 is 0 Å². The van der Waals surface area contributed by atoms with E-state index in [-0.39, 0.29) is 6.04 Å². The first-order valence-electron chi connectivity index (χ1n) is 7.45. The Morgan fingerprint density at radius 2 is 2.00 bits per heavy atom. The molecule has 1 aliphatic heterocycles. The average molecular weight is 261 g/mol. The van der Waals surface area contributed by atoms with Crippen molar-refractivity contribution in [1.82, 2.24) is 9.80 Å². The fourth-order valence-corrected chi connectivity index (χ4v) is 3.02. The number of nitrogens with two attached hydrogens (primary N) is 1. The minimum atomic E-state index is 0.239. The summed E-state index contributed by atoms with van der Waals surface area (Å²) in [5, 5.41) is 0. The fraction of sp³-hybridized carbons (Fsp3) is 0.625. The van der Waals surface area contributed by atoms with Crippen LogP contribution >= 0.6 is 0 Å². The van der Waals surface area contributed by atoms with Crippen LogP contribution in [0.25, 0.3) is 0 Å². The van der Waals surface area contributed by atoms with E-state index >= 15 is 0 Å². The molecule has 0 radical (unpaired) electrons. The van der Waals surface area contributed by atoms with Crippen molar-refractivity contribution in [3.8, 4) is 0 Å². The Labute approximate surface area is 117 Å². The first kappa shape index (κ1) is 14.5. The largest absolute Gasteiger partial charge is 0.326 e. The summed E-state index contributed by atoms with van der Waals surface area (Å²) in [6.45, 7) is 10.2. The molecule has 2 atom stereocenters. The van der Waals surface area contributed by atoms with Crippen LogP contribution in [-0.4, -0.2) is 54.6 Å². The molecule has 2 N–H and O–H groups in total. The number of rotatable bonds is 5. The monoisotopic (exact) mass is 261 g/mol. The number of likely N-dealkylation sites (N-methyl/N-ethyl adjacent to an activating group) is 1. The molecule has 3 heteroatoms. The lowest BCUT2D eigenvalue weighted by Gasteiger charge is -2.40. The molecule has 1 saturated heterocycles. The SMILES string of the molecule is CCN1CCN(CC(N)Cc2ccccc2)CC1C. The number of hydrogen-bond acceptors (Lipinski definition) is 3. The summed E-state index contributed by atoms with van der Waals surface area (Å²) in [4.78, 5) is 5.06. The van der Waals surface area contributed by atoms with Crippen molar-refractivity contribution < 1.29 is 0 Å². The van der Waals surface area contributed by atoms with Crippen molar-refractivity contribution in [2.24, 2.45) is 5.73 Å². The second kappa shape index (κ2) is 7.04. The normalized spacial score (nSPS) is 23.4. The molecule has 106 valence electrons. The zero-order valence-electron chi connectivity index (χ0n) is 12.3. The molecule has 2 unspecified atom stereocenters. The van der Waals surface area contributed by atoms with Crippen molar-refractivity contribution in [2.45, 2.75) is 32.4 Å². The predicted molar refractivity (Wildman–Crippen MR) is 81.3 cm³/mol. The summed E-state index contributed by atoms with van der Waals surface area (Å²) in [5.41, 5.74) is 7.64.